The third-order valence-corrected chi connectivity index (χ3v) is 4.10. The lowest BCUT2D eigenvalue weighted by Gasteiger charge is -2.08. The SMILES string of the molecule is O=C(Nc1ccc2nsnc2c1)c1cccc2ccccc12. The van der Waals surface area contributed by atoms with Crippen LogP contribution in [0.15, 0.2) is 60.7 Å². The van der Waals surface area contributed by atoms with Crippen molar-refractivity contribution in [2.75, 3.05) is 5.32 Å². The second-order valence-electron chi connectivity index (χ2n) is 4.95. The van der Waals surface area contributed by atoms with Crippen molar-refractivity contribution in [2.45, 2.75) is 0 Å². The van der Waals surface area contributed by atoms with Crippen LogP contribution in [0, 0.1) is 0 Å². The molecular weight excluding hydrogens is 294 g/mol. The van der Waals surface area contributed by atoms with E-state index in [1.54, 1.807) is 0 Å². The first-order chi connectivity index (χ1) is 10.8. The Morgan fingerprint density at radius 3 is 2.68 bits per heavy atom. The Kier molecular flexibility index (Phi) is 3.05. The molecule has 0 spiro atoms. The summed E-state index contributed by atoms with van der Waals surface area (Å²) in [5.74, 6) is -0.126. The third-order valence-electron chi connectivity index (χ3n) is 3.55. The molecule has 1 N–H and O–H groups in total. The Bertz CT molecular complexity index is 988. The maximum absolute atomic E-state index is 12.6. The van der Waals surface area contributed by atoms with Gasteiger partial charge in [0.25, 0.3) is 5.91 Å². The molecule has 0 unspecified atom stereocenters. The predicted octanol–water partition coefficient (Wildman–Crippen LogP) is 4.10. The molecule has 1 aromatic heterocycles. The van der Waals surface area contributed by atoms with Crippen LogP contribution in [0.1, 0.15) is 10.4 Å². The molecule has 5 heteroatoms. The molecule has 1 amide bonds. The van der Waals surface area contributed by atoms with Crippen LogP contribution in [-0.2, 0) is 0 Å². The molecule has 0 saturated heterocycles. The fourth-order valence-electron chi connectivity index (χ4n) is 2.48. The minimum absolute atomic E-state index is 0.126. The summed E-state index contributed by atoms with van der Waals surface area (Å²) in [6, 6.07) is 19.1. The highest BCUT2D eigenvalue weighted by Crippen LogP contribution is 2.21. The van der Waals surface area contributed by atoms with Crippen LogP contribution in [0.2, 0.25) is 0 Å². The van der Waals surface area contributed by atoms with Crippen molar-refractivity contribution in [2.24, 2.45) is 0 Å². The number of benzene rings is 3. The molecule has 4 nitrogen and oxygen atoms in total. The number of amides is 1. The fourth-order valence-corrected chi connectivity index (χ4v) is 3.00. The van der Waals surface area contributed by atoms with E-state index in [1.165, 1.54) is 11.7 Å². The van der Waals surface area contributed by atoms with Crippen LogP contribution < -0.4 is 5.32 Å². The first-order valence-electron chi connectivity index (χ1n) is 6.83. The molecule has 0 aliphatic heterocycles. The number of rotatable bonds is 2. The number of fused-ring (bicyclic) bond motifs is 2. The normalized spacial score (nSPS) is 10.9. The smallest absolute Gasteiger partial charge is 0.256 e. The van der Waals surface area contributed by atoms with Crippen LogP contribution in [0.4, 0.5) is 5.69 Å². The van der Waals surface area contributed by atoms with E-state index in [-0.39, 0.29) is 5.91 Å². The van der Waals surface area contributed by atoms with Gasteiger partial charge in [-0.05, 0) is 35.0 Å². The van der Waals surface area contributed by atoms with E-state index >= 15 is 0 Å². The second-order valence-corrected chi connectivity index (χ2v) is 5.48. The lowest BCUT2D eigenvalue weighted by atomic mass is 10.0. The van der Waals surface area contributed by atoms with Crippen molar-refractivity contribution < 1.29 is 4.79 Å². The van der Waals surface area contributed by atoms with Gasteiger partial charge in [0.05, 0.1) is 11.7 Å². The van der Waals surface area contributed by atoms with Gasteiger partial charge in [-0.2, -0.15) is 8.75 Å². The Hall–Kier alpha value is -2.79. The molecule has 1 heterocycles. The molecule has 0 atom stereocenters. The Balaban J connectivity index is 1.71. The van der Waals surface area contributed by atoms with Crippen molar-refractivity contribution in [3.8, 4) is 0 Å². The zero-order valence-electron chi connectivity index (χ0n) is 11.5. The Morgan fingerprint density at radius 2 is 1.73 bits per heavy atom. The number of carbonyl (C=O) groups excluding carboxylic acids is 1. The van der Waals surface area contributed by atoms with Crippen molar-refractivity contribution in [1.82, 2.24) is 8.75 Å². The fraction of sp³-hybridized carbons (Fsp3) is 0. The van der Waals surface area contributed by atoms with Crippen LogP contribution in [-0.4, -0.2) is 14.7 Å². The van der Waals surface area contributed by atoms with Crippen molar-refractivity contribution in [1.29, 1.82) is 0 Å². The summed E-state index contributed by atoms with van der Waals surface area (Å²) in [7, 11) is 0. The molecular formula is C17H11N3OS. The minimum Gasteiger partial charge on any atom is -0.322 e. The van der Waals surface area contributed by atoms with E-state index in [4.69, 9.17) is 0 Å². The van der Waals surface area contributed by atoms with E-state index in [0.29, 0.717) is 5.56 Å². The summed E-state index contributed by atoms with van der Waals surface area (Å²) in [4.78, 5) is 12.6. The summed E-state index contributed by atoms with van der Waals surface area (Å²) >= 11 is 1.17. The maximum atomic E-state index is 12.6. The van der Waals surface area contributed by atoms with Gasteiger partial charge in [-0.15, -0.1) is 0 Å². The molecule has 0 aliphatic rings. The quantitative estimate of drug-likeness (QED) is 0.606. The topological polar surface area (TPSA) is 54.9 Å². The zero-order valence-corrected chi connectivity index (χ0v) is 12.3. The van der Waals surface area contributed by atoms with Crippen LogP contribution in [0.3, 0.4) is 0 Å². The van der Waals surface area contributed by atoms with Crippen molar-refractivity contribution in [3.63, 3.8) is 0 Å². The first-order valence-corrected chi connectivity index (χ1v) is 7.56. The number of nitrogens with zero attached hydrogens (tertiary/aromatic N) is 2. The molecule has 0 radical (unpaired) electrons. The highest BCUT2D eigenvalue weighted by molar-refractivity contribution is 7.00. The van der Waals surface area contributed by atoms with Crippen LogP contribution in [0.5, 0.6) is 0 Å². The highest BCUT2D eigenvalue weighted by Gasteiger charge is 2.10. The van der Waals surface area contributed by atoms with Crippen LogP contribution in [0.25, 0.3) is 21.8 Å². The van der Waals surface area contributed by atoms with E-state index < -0.39 is 0 Å². The number of carbonyl (C=O) groups is 1. The van der Waals surface area contributed by atoms with Gasteiger partial charge in [0, 0.05) is 11.3 Å². The van der Waals surface area contributed by atoms with Crippen molar-refractivity contribution in [3.05, 3.63) is 66.2 Å². The Labute approximate surface area is 130 Å². The molecule has 106 valence electrons. The van der Waals surface area contributed by atoms with E-state index in [0.717, 1.165) is 27.5 Å². The Morgan fingerprint density at radius 1 is 0.909 bits per heavy atom. The number of anilines is 1. The summed E-state index contributed by atoms with van der Waals surface area (Å²) < 4.78 is 8.34. The van der Waals surface area contributed by atoms with Crippen LogP contribution >= 0.6 is 11.7 Å². The molecule has 4 aromatic rings. The lowest BCUT2D eigenvalue weighted by Crippen LogP contribution is -2.12. The van der Waals surface area contributed by atoms with E-state index in [9.17, 15) is 4.79 Å². The molecule has 0 bridgehead atoms. The zero-order chi connectivity index (χ0) is 14.9. The first kappa shape index (κ1) is 12.9. The molecule has 4 rings (SSSR count). The monoisotopic (exact) mass is 305 g/mol. The lowest BCUT2D eigenvalue weighted by molar-refractivity contribution is 0.102. The maximum Gasteiger partial charge on any atom is 0.256 e. The van der Waals surface area contributed by atoms with Crippen molar-refractivity contribution >= 4 is 45.1 Å². The highest BCUT2D eigenvalue weighted by atomic mass is 32.1. The average molecular weight is 305 g/mol. The predicted molar refractivity (Wildman–Crippen MR) is 89.3 cm³/mol. The molecule has 3 aromatic carbocycles. The van der Waals surface area contributed by atoms with E-state index in [2.05, 4.69) is 14.1 Å². The van der Waals surface area contributed by atoms with Gasteiger partial charge in [0.15, 0.2) is 0 Å². The van der Waals surface area contributed by atoms with Gasteiger partial charge in [0.1, 0.15) is 11.0 Å². The summed E-state index contributed by atoms with van der Waals surface area (Å²) in [6.07, 6.45) is 0. The second kappa shape index (κ2) is 5.20. The number of aromatic nitrogens is 2. The van der Waals surface area contributed by atoms with Gasteiger partial charge in [-0.3, -0.25) is 4.79 Å². The largest absolute Gasteiger partial charge is 0.322 e. The molecule has 0 fully saturated rings. The minimum atomic E-state index is -0.126. The summed E-state index contributed by atoms with van der Waals surface area (Å²) in [5.41, 5.74) is 3.02. The molecule has 0 saturated carbocycles. The van der Waals surface area contributed by atoms with Gasteiger partial charge < -0.3 is 5.32 Å². The summed E-state index contributed by atoms with van der Waals surface area (Å²) in [6.45, 7) is 0. The number of nitrogens with one attached hydrogen (secondary N) is 1. The standard InChI is InChI=1S/C17H11N3OS/c21-17(14-7-3-5-11-4-1-2-6-13(11)14)18-12-8-9-15-16(10-12)20-22-19-15/h1-10H,(H,18,21). The molecule has 22 heavy (non-hydrogen) atoms. The number of hydrogen-bond donors (Lipinski definition) is 1. The van der Waals surface area contributed by atoms with Gasteiger partial charge >= 0.3 is 0 Å². The van der Waals surface area contributed by atoms with Gasteiger partial charge in [-0.1, -0.05) is 36.4 Å². The van der Waals surface area contributed by atoms with Gasteiger partial charge in [0.2, 0.25) is 0 Å². The summed E-state index contributed by atoms with van der Waals surface area (Å²) in [5, 5.41) is 4.92. The van der Waals surface area contributed by atoms with Gasteiger partial charge in [-0.25, -0.2) is 0 Å². The third kappa shape index (κ3) is 2.21. The average Bonchev–Trinajstić information content (AvgIpc) is 3.02. The number of hydrogen-bond acceptors (Lipinski definition) is 4. The molecule has 0 aliphatic carbocycles. The van der Waals surface area contributed by atoms with E-state index in [1.807, 2.05) is 60.7 Å².